The number of rotatable bonds is 5. The van der Waals surface area contributed by atoms with Crippen molar-refractivity contribution in [1.29, 1.82) is 0 Å². The molecule has 4 nitrogen and oxygen atoms in total. The zero-order valence-corrected chi connectivity index (χ0v) is 16.5. The van der Waals surface area contributed by atoms with E-state index < -0.39 is 0 Å². The number of fused-ring (bicyclic) bond motifs is 1. The first-order valence-corrected chi connectivity index (χ1v) is 10.5. The van der Waals surface area contributed by atoms with Crippen molar-refractivity contribution in [3.05, 3.63) is 86.7 Å². The first kappa shape index (κ1) is 18.3. The maximum atomic E-state index is 12.8. The Morgan fingerprint density at radius 1 is 1.07 bits per heavy atom. The summed E-state index contributed by atoms with van der Waals surface area (Å²) in [6.45, 7) is 0.548. The third-order valence-corrected chi connectivity index (χ3v) is 6.30. The SMILES string of the molecule is O=c1nc(SCc2ccccc2Cl)c2c(n1Cc1ccncc1)CCCC2. The molecule has 0 aliphatic heterocycles. The molecule has 27 heavy (non-hydrogen) atoms. The summed E-state index contributed by atoms with van der Waals surface area (Å²) in [5.74, 6) is 0.715. The van der Waals surface area contributed by atoms with Crippen LogP contribution in [0.15, 0.2) is 58.6 Å². The molecule has 0 bridgehead atoms. The highest BCUT2D eigenvalue weighted by Gasteiger charge is 2.20. The lowest BCUT2D eigenvalue weighted by molar-refractivity contribution is 0.569. The van der Waals surface area contributed by atoms with E-state index in [0.717, 1.165) is 52.6 Å². The zero-order valence-electron chi connectivity index (χ0n) is 14.9. The molecular weight excluding hydrogens is 378 g/mol. The second kappa shape index (κ2) is 8.28. The lowest BCUT2D eigenvalue weighted by atomic mass is 9.97. The standard InChI is InChI=1S/C21H20ClN3OS/c22-18-7-3-1-5-16(18)14-27-20-17-6-2-4-8-19(17)25(21(26)24-20)13-15-9-11-23-12-10-15/h1,3,5,7,9-12H,2,4,6,8,13-14H2. The average molecular weight is 398 g/mol. The largest absolute Gasteiger partial charge is 0.349 e. The molecule has 3 aromatic rings. The number of thioether (sulfide) groups is 1. The normalized spacial score (nSPS) is 13.4. The molecule has 0 fully saturated rings. The minimum Gasteiger partial charge on any atom is -0.292 e. The second-order valence-electron chi connectivity index (χ2n) is 6.65. The molecule has 0 unspecified atom stereocenters. The van der Waals surface area contributed by atoms with E-state index in [0.29, 0.717) is 12.3 Å². The molecule has 1 aromatic carbocycles. The van der Waals surface area contributed by atoms with Gasteiger partial charge >= 0.3 is 5.69 Å². The van der Waals surface area contributed by atoms with Gasteiger partial charge in [0.2, 0.25) is 0 Å². The molecule has 0 saturated heterocycles. The molecule has 0 saturated carbocycles. The maximum absolute atomic E-state index is 12.8. The van der Waals surface area contributed by atoms with Gasteiger partial charge in [0.25, 0.3) is 0 Å². The summed E-state index contributed by atoms with van der Waals surface area (Å²) in [4.78, 5) is 21.3. The summed E-state index contributed by atoms with van der Waals surface area (Å²) in [5.41, 5.74) is 4.33. The molecule has 0 spiro atoms. The predicted molar refractivity (Wildman–Crippen MR) is 109 cm³/mol. The minimum absolute atomic E-state index is 0.172. The van der Waals surface area contributed by atoms with Crippen molar-refractivity contribution in [2.24, 2.45) is 0 Å². The third kappa shape index (κ3) is 4.09. The summed E-state index contributed by atoms with van der Waals surface area (Å²) in [6.07, 6.45) is 7.67. The van der Waals surface area contributed by atoms with Gasteiger partial charge in [-0.1, -0.05) is 29.8 Å². The fourth-order valence-electron chi connectivity index (χ4n) is 3.46. The van der Waals surface area contributed by atoms with Crippen molar-refractivity contribution < 1.29 is 0 Å². The average Bonchev–Trinajstić information content (AvgIpc) is 2.70. The lowest BCUT2D eigenvalue weighted by Crippen LogP contribution is -2.30. The van der Waals surface area contributed by atoms with Crippen LogP contribution in [0.1, 0.15) is 35.2 Å². The van der Waals surface area contributed by atoms with Crippen LogP contribution in [0.4, 0.5) is 0 Å². The summed E-state index contributed by atoms with van der Waals surface area (Å²) in [5, 5.41) is 1.62. The summed E-state index contributed by atoms with van der Waals surface area (Å²) >= 11 is 7.89. The Morgan fingerprint density at radius 2 is 1.85 bits per heavy atom. The molecule has 6 heteroatoms. The third-order valence-electron chi connectivity index (χ3n) is 4.86. The van der Waals surface area contributed by atoms with Gasteiger partial charge in [-0.3, -0.25) is 9.55 Å². The second-order valence-corrected chi connectivity index (χ2v) is 8.02. The Bertz CT molecular complexity index is 1000. The van der Waals surface area contributed by atoms with Crippen LogP contribution in [0.25, 0.3) is 0 Å². The van der Waals surface area contributed by atoms with Crippen LogP contribution in [0.5, 0.6) is 0 Å². The molecule has 4 rings (SSSR count). The van der Waals surface area contributed by atoms with Crippen LogP contribution in [-0.4, -0.2) is 14.5 Å². The van der Waals surface area contributed by atoms with E-state index in [1.807, 2.05) is 41.0 Å². The van der Waals surface area contributed by atoms with Crippen molar-refractivity contribution in [2.45, 2.75) is 43.0 Å². The van der Waals surface area contributed by atoms with Gasteiger partial charge in [0.1, 0.15) is 5.03 Å². The smallest absolute Gasteiger partial charge is 0.292 e. The van der Waals surface area contributed by atoms with Crippen molar-refractivity contribution in [2.75, 3.05) is 0 Å². The Labute approximate surface area is 167 Å². The highest BCUT2D eigenvalue weighted by atomic mass is 35.5. The number of aromatic nitrogens is 3. The number of halogens is 1. The van der Waals surface area contributed by atoms with Crippen LogP contribution in [0.3, 0.4) is 0 Å². The Balaban J connectivity index is 1.66. The van der Waals surface area contributed by atoms with Gasteiger partial charge in [-0.2, -0.15) is 4.98 Å². The highest BCUT2D eigenvalue weighted by molar-refractivity contribution is 7.98. The highest BCUT2D eigenvalue weighted by Crippen LogP contribution is 2.32. The molecule has 0 N–H and O–H groups in total. The predicted octanol–water partition coefficient (Wildman–Crippen LogP) is 4.51. The monoisotopic (exact) mass is 397 g/mol. The van der Waals surface area contributed by atoms with Gasteiger partial charge in [-0.15, -0.1) is 11.8 Å². The lowest BCUT2D eigenvalue weighted by Gasteiger charge is -2.22. The number of hydrogen-bond donors (Lipinski definition) is 0. The van der Waals surface area contributed by atoms with Gasteiger partial charge < -0.3 is 0 Å². The summed E-state index contributed by atoms with van der Waals surface area (Å²) < 4.78 is 1.84. The van der Waals surface area contributed by atoms with E-state index in [1.54, 1.807) is 24.2 Å². The molecule has 0 atom stereocenters. The van der Waals surface area contributed by atoms with Gasteiger partial charge in [0.15, 0.2) is 0 Å². The van der Waals surface area contributed by atoms with Crippen LogP contribution in [-0.2, 0) is 25.1 Å². The van der Waals surface area contributed by atoms with E-state index in [9.17, 15) is 4.79 Å². The number of pyridine rings is 1. The van der Waals surface area contributed by atoms with E-state index >= 15 is 0 Å². The van der Waals surface area contributed by atoms with Crippen LogP contribution in [0, 0.1) is 0 Å². The van der Waals surface area contributed by atoms with Crippen molar-refractivity contribution in [1.82, 2.24) is 14.5 Å². The fraction of sp³-hybridized carbons (Fsp3) is 0.286. The van der Waals surface area contributed by atoms with Crippen LogP contribution >= 0.6 is 23.4 Å². The number of nitrogens with zero attached hydrogens (tertiary/aromatic N) is 3. The molecule has 138 valence electrons. The van der Waals surface area contributed by atoms with Crippen molar-refractivity contribution >= 4 is 23.4 Å². The Hall–Kier alpha value is -2.11. The fourth-order valence-corrected chi connectivity index (χ4v) is 4.83. The molecule has 1 aliphatic carbocycles. The van der Waals surface area contributed by atoms with Gasteiger partial charge in [0, 0.05) is 34.4 Å². The summed E-state index contributed by atoms with van der Waals surface area (Å²) in [7, 11) is 0. The molecule has 2 heterocycles. The van der Waals surface area contributed by atoms with Crippen LogP contribution in [0.2, 0.25) is 5.02 Å². The number of hydrogen-bond acceptors (Lipinski definition) is 4. The van der Waals surface area contributed by atoms with Gasteiger partial charge in [-0.05, 0) is 55.0 Å². The van der Waals surface area contributed by atoms with Gasteiger partial charge in [-0.25, -0.2) is 4.79 Å². The molecular formula is C21H20ClN3OS. The topological polar surface area (TPSA) is 47.8 Å². The Morgan fingerprint density at radius 3 is 2.67 bits per heavy atom. The number of benzene rings is 1. The van der Waals surface area contributed by atoms with E-state index in [2.05, 4.69) is 9.97 Å². The summed E-state index contributed by atoms with van der Waals surface area (Å²) in [6, 6.07) is 11.7. The van der Waals surface area contributed by atoms with Crippen molar-refractivity contribution in [3.63, 3.8) is 0 Å². The quantitative estimate of drug-likeness (QED) is 0.469. The maximum Gasteiger partial charge on any atom is 0.349 e. The molecule has 0 radical (unpaired) electrons. The van der Waals surface area contributed by atoms with Crippen LogP contribution < -0.4 is 5.69 Å². The first-order chi connectivity index (χ1) is 13.2. The van der Waals surface area contributed by atoms with E-state index in [1.165, 1.54) is 5.56 Å². The Kier molecular flexibility index (Phi) is 5.60. The van der Waals surface area contributed by atoms with E-state index in [4.69, 9.17) is 11.6 Å². The molecule has 0 amide bonds. The molecule has 2 aromatic heterocycles. The zero-order chi connectivity index (χ0) is 18.6. The van der Waals surface area contributed by atoms with Crippen molar-refractivity contribution in [3.8, 4) is 0 Å². The first-order valence-electron chi connectivity index (χ1n) is 9.10. The minimum atomic E-state index is -0.172. The van der Waals surface area contributed by atoms with Gasteiger partial charge in [0.05, 0.1) is 6.54 Å². The molecule has 1 aliphatic rings. The van der Waals surface area contributed by atoms with E-state index in [-0.39, 0.29) is 5.69 Å².